The number of aromatic carboxylic acids is 1. The molecule has 1 aromatic carbocycles. The normalized spacial score (nSPS) is 11.3. The van der Waals surface area contributed by atoms with Crippen molar-refractivity contribution < 1.29 is 19.4 Å². The molecule has 0 spiro atoms. The topological polar surface area (TPSA) is 63.9 Å². The number of ether oxygens (including phenoxy) is 2. The van der Waals surface area contributed by atoms with E-state index in [2.05, 4.69) is 4.90 Å². The molecule has 0 unspecified atom stereocenters. The fraction of sp³-hybridized carbons (Fsp3) is 0.471. The van der Waals surface area contributed by atoms with Crippen molar-refractivity contribution in [2.75, 3.05) is 40.0 Å². The van der Waals surface area contributed by atoms with E-state index in [1.54, 1.807) is 12.1 Å². The average molecular weight is 320 g/mol. The van der Waals surface area contributed by atoms with E-state index in [0.29, 0.717) is 32.1 Å². The van der Waals surface area contributed by atoms with Crippen LogP contribution in [0.1, 0.15) is 17.3 Å². The smallest absolute Gasteiger partial charge is 0.339 e. The van der Waals surface area contributed by atoms with Crippen LogP contribution in [-0.2, 0) is 11.8 Å². The Morgan fingerprint density at radius 3 is 2.74 bits per heavy atom. The third-order valence-corrected chi connectivity index (χ3v) is 3.77. The summed E-state index contributed by atoms with van der Waals surface area (Å²) in [6.07, 6.45) is 1.90. The lowest BCUT2D eigenvalue weighted by Crippen LogP contribution is -2.28. The minimum absolute atomic E-state index is 0.191. The fourth-order valence-electron chi connectivity index (χ4n) is 2.37. The second-order valence-corrected chi connectivity index (χ2v) is 5.49. The van der Waals surface area contributed by atoms with Crippen LogP contribution in [0, 0.1) is 0 Å². The molecule has 23 heavy (non-hydrogen) atoms. The molecular weight excluding hydrogens is 296 g/mol. The standard InChI is InChI=1S/C17H24N2O4/c1-4-22-9-7-18(2)8-10-23-16-11-13-5-6-19(3)15(13)12-14(16)17(20)21/h5-6,11-12H,4,7-10H2,1-3H3,(H,20,21). The summed E-state index contributed by atoms with van der Waals surface area (Å²) >= 11 is 0. The molecule has 0 atom stereocenters. The van der Waals surface area contributed by atoms with Gasteiger partial charge < -0.3 is 24.0 Å². The Labute approximate surface area is 136 Å². The fourth-order valence-corrected chi connectivity index (χ4v) is 2.37. The highest BCUT2D eigenvalue weighted by atomic mass is 16.5. The average Bonchev–Trinajstić information content (AvgIpc) is 2.87. The highest BCUT2D eigenvalue weighted by Gasteiger charge is 2.14. The van der Waals surface area contributed by atoms with Crippen LogP contribution in [0.3, 0.4) is 0 Å². The molecule has 1 aromatic heterocycles. The van der Waals surface area contributed by atoms with Gasteiger partial charge in [-0.15, -0.1) is 0 Å². The Bertz CT molecular complexity index is 666. The number of hydrogen-bond acceptors (Lipinski definition) is 4. The first-order chi connectivity index (χ1) is 11.0. The van der Waals surface area contributed by atoms with Crippen LogP contribution in [0.2, 0.25) is 0 Å². The SMILES string of the molecule is CCOCCN(C)CCOc1cc2ccn(C)c2cc1C(=O)O. The van der Waals surface area contributed by atoms with Gasteiger partial charge in [-0.3, -0.25) is 0 Å². The van der Waals surface area contributed by atoms with Gasteiger partial charge in [-0.2, -0.15) is 0 Å². The van der Waals surface area contributed by atoms with Gasteiger partial charge in [0.15, 0.2) is 0 Å². The van der Waals surface area contributed by atoms with Crippen molar-refractivity contribution in [2.45, 2.75) is 6.92 Å². The van der Waals surface area contributed by atoms with E-state index in [1.807, 2.05) is 37.8 Å². The first-order valence-corrected chi connectivity index (χ1v) is 7.74. The number of likely N-dealkylation sites (N-methyl/N-ethyl adjacent to an activating group) is 1. The van der Waals surface area contributed by atoms with E-state index in [9.17, 15) is 9.90 Å². The third kappa shape index (κ3) is 4.46. The summed E-state index contributed by atoms with van der Waals surface area (Å²) in [6.45, 7) is 5.32. The maximum Gasteiger partial charge on any atom is 0.339 e. The Morgan fingerprint density at radius 2 is 2.04 bits per heavy atom. The molecule has 0 saturated heterocycles. The summed E-state index contributed by atoms with van der Waals surface area (Å²) in [6, 6.07) is 5.40. The number of carboxylic acid groups (broad SMARTS) is 1. The largest absolute Gasteiger partial charge is 0.491 e. The van der Waals surface area contributed by atoms with Crippen molar-refractivity contribution in [1.29, 1.82) is 0 Å². The molecule has 0 radical (unpaired) electrons. The Balaban J connectivity index is 2.01. The minimum Gasteiger partial charge on any atom is -0.491 e. The Hall–Kier alpha value is -2.05. The first-order valence-electron chi connectivity index (χ1n) is 7.74. The van der Waals surface area contributed by atoms with Crippen molar-refractivity contribution in [3.8, 4) is 5.75 Å². The van der Waals surface area contributed by atoms with E-state index >= 15 is 0 Å². The van der Waals surface area contributed by atoms with Gasteiger partial charge in [0, 0.05) is 43.8 Å². The second-order valence-electron chi connectivity index (χ2n) is 5.49. The molecule has 0 fully saturated rings. The van der Waals surface area contributed by atoms with Crippen LogP contribution in [0.5, 0.6) is 5.75 Å². The third-order valence-electron chi connectivity index (χ3n) is 3.77. The maximum atomic E-state index is 11.5. The first kappa shape index (κ1) is 17.3. The molecule has 2 rings (SSSR count). The predicted molar refractivity (Wildman–Crippen MR) is 89.4 cm³/mol. The zero-order chi connectivity index (χ0) is 16.8. The molecule has 0 amide bonds. The second kappa shape index (κ2) is 7.99. The van der Waals surface area contributed by atoms with Gasteiger partial charge in [0.2, 0.25) is 0 Å². The molecule has 1 N–H and O–H groups in total. The number of rotatable bonds is 9. The number of aromatic nitrogens is 1. The lowest BCUT2D eigenvalue weighted by molar-refractivity contribution is 0.0691. The minimum atomic E-state index is -0.979. The molecule has 2 aromatic rings. The molecule has 6 heteroatoms. The number of fused-ring (bicyclic) bond motifs is 1. The van der Waals surface area contributed by atoms with Gasteiger partial charge in [-0.05, 0) is 32.2 Å². The van der Waals surface area contributed by atoms with Crippen LogP contribution in [-0.4, -0.2) is 60.5 Å². The van der Waals surface area contributed by atoms with E-state index in [1.165, 1.54) is 0 Å². The zero-order valence-corrected chi connectivity index (χ0v) is 13.9. The van der Waals surface area contributed by atoms with E-state index < -0.39 is 5.97 Å². The number of hydrogen-bond donors (Lipinski definition) is 1. The summed E-state index contributed by atoms with van der Waals surface area (Å²) in [4.78, 5) is 13.5. The molecule has 6 nitrogen and oxygen atoms in total. The Morgan fingerprint density at radius 1 is 1.30 bits per heavy atom. The molecule has 0 saturated carbocycles. The monoisotopic (exact) mass is 320 g/mol. The molecule has 126 valence electrons. The van der Waals surface area contributed by atoms with Crippen molar-refractivity contribution in [2.24, 2.45) is 7.05 Å². The van der Waals surface area contributed by atoms with Crippen LogP contribution in [0.4, 0.5) is 0 Å². The van der Waals surface area contributed by atoms with Crippen molar-refractivity contribution >= 4 is 16.9 Å². The van der Waals surface area contributed by atoms with E-state index in [0.717, 1.165) is 17.4 Å². The van der Waals surface area contributed by atoms with Crippen LogP contribution in [0.25, 0.3) is 10.9 Å². The summed E-state index contributed by atoms with van der Waals surface area (Å²) < 4.78 is 12.9. The summed E-state index contributed by atoms with van der Waals surface area (Å²) in [5.41, 5.74) is 1.07. The molecular formula is C17H24N2O4. The van der Waals surface area contributed by atoms with Gasteiger partial charge in [0.25, 0.3) is 0 Å². The number of carboxylic acids is 1. The van der Waals surface area contributed by atoms with Gasteiger partial charge >= 0.3 is 5.97 Å². The molecule has 0 aliphatic rings. The lowest BCUT2D eigenvalue weighted by atomic mass is 10.1. The number of nitrogens with zero attached hydrogens (tertiary/aromatic N) is 2. The number of benzene rings is 1. The highest BCUT2D eigenvalue weighted by molar-refractivity contribution is 5.97. The van der Waals surface area contributed by atoms with Crippen LogP contribution < -0.4 is 4.74 Å². The Kier molecular flexibility index (Phi) is 6.01. The predicted octanol–water partition coefficient (Wildman–Crippen LogP) is 2.22. The van der Waals surface area contributed by atoms with Gasteiger partial charge in [-0.25, -0.2) is 4.79 Å². The van der Waals surface area contributed by atoms with Crippen LogP contribution >= 0.6 is 0 Å². The highest BCUT2D eigenvalue weighted by Crippen LogP contribution is 2.26. The molecule has 0 aliphatic carbocycles. The summed E-state index contributed by atoms with van der Waals surface area (Å²) in [7, 11) is 3.88. The zero-order valence-electron chi connectivity index (χ0n) is 13.9. The molecule has 1 heterocycles. The van der Waals surface area contributed by atoms with Crippen molar-refractivity contribution in [1.82, 2.24) is 9.47 Å². The summed E-state index contributed by atoms with van der Waals surface area (Å²) in [5, 5.41) is 10.4. The van der Waals surface area contributed by atoms with Gasteiger partial charge in [0.1, 0.15) is 17.9 Å². The lowest BCUT2D eigenvalue weighted by Gasteiger charge is -2.17. The van der Waals surface area contributed by atoms with E-state index in [4.69, 9.17) is 9.47 Å². The number of carbonyl (C=O) groups is 1. The van der Waals surface area contributed by atoms with Crippen LogP contribution in [0.15, 0.2) is 24.4 Å². The van der Waals surface area contributed by atoms with E-state index in [-0.39, 0.29) is 5.56 Å². The number of aryl methyl sites for hydroxylation is 1. The molecule has 0 bridgehead atoms. The van der Waals surface area contributed by atoms with Crippen molar-refractivity contribution in [3.05, 3.63) is 30.0 Å². The molecule has 0 aliphatic heterocycles. The quantitative estimate of drug-likeness (QED) is 0.718. The maximum absolute atomic E-state index is 11.5. The van der Waals surface area contributed by atoms with Crippen molar-refractivity contribution in [3.63, 3.8) is 0 Å². The van der Waals surface area contributed by atoms with Gasteiger partial charge in [-0.1, -0.05) is 0 Å². The van der Waals surface area contributed by atoms with Gasteiger partial charge in [0.05, 0.1) is 6.61 Å². The summed E-state index contributed by atoms with van der Waals surface area (Å²) in [5.74, 6) is -0.567.